The molecule has 35 heavy (non-hydrogen) atoms. The van der Waals surface area contributed by atoms with E-state index in [1.807, 2.05) is 0 Å². The first-order chi connectivity index (χ1) is 16.7. The molecule has 0 spiro atoms. The molecule has 10 heteroatoms. The van der Waals surface area contributed by atoms with Gasteiger partial charge in [0.2, 0.25) is 0 Å². The number of amides is 1. The van der Waals surface area contributed by atoms with Crippen molar-refractivity contribution in [3.63, 3.8) is 0 Å². The molecule has 3 aromatic carbocycles. The molecule has 1 N–H and O–H groups in total. The molecule has 0 unspecified atom stereocenters. The van der Waals surface area contributed by atoms with Crippen LogP contribution in [0.3, 0.4) is 0 Å². The van der Waals surface area contributed by atoms with Gasteiger partial charge in [0.15, 0.2) is 0 Å². The highest BCUT2D eigenvalue weighted by Gasteiger charge is 2.27. The molecule has 0 radical (unpaired) electrons. The van der Waals surface area contributed by atoms with E-state index < -0.39 is 16.0 Å². The number of para-hydroxylation sites is 1. The second-order valence-corrected chi connectivity index (χ2v) is 11.0. The molecule has 0 fully saturated rings. The minimum atomic E-state index is -3.96. The SMILES string of the molecule is CN(C)S(=O)(=O)N(Cc1ccc(C(=O)NCCSCc2ccccc2F)cc1)c1ccccc1F. The van der Waals surface area contributed by atoms with Crippen LogP contribution in [0.25, 0.3) is 0 Å². The van der Waals surface area contributed by atoms with Crippen LogP contribution >= 0.6 is 11.8 Å². The van der Waals surface area contributed by atoms with Gasteiger partial charge >= 0.3 is 10.2 Å². The van der Waals surface area contributed by atoms with Crippen molar-refractivity contribution in [1.82, 2.24) is 9.62 Å². The second kappa shape index (κ2) is 12.1. The Labute approximate surface area is 209 Å². The topological polar surface area (TPSA) is 69.7 Å². The summed E-state index contributed by atoms with van der Waals surface area (Å²) in [6.07, 6.45) is 0. The van der Waals surface area contributed by atoms with Gasteiger partial charge in [-0.3, -0.25) is 9.10 Å². The van der Waals surface area contributed by atoms with E-state index in [1.54, 1.807) is 48.5 Å². The van der Waals surface area contributed by atoms with Crippen LogP contribution in [0.15, 0.2) is 72.8 Å². The van der Waals surface area contributed by atoms with E-state index in [4.69, 9.17) is 0 Å². The van der Waals surface area contributed by atoms with Crippen LogP contribution < -0.4 is 9.62 Å². The van der Waals surface area contributed by atoms with Crippen molar-refractivity contribution >= 4 is 33.6 Å². The van der Waals surface area contributed by atoms with Crippen LogP contribution in [0.2, 0.25) is 0 Å². The maximum atomic E-state index is 14.4. The van der Waals surface area contributed by atoms with Crippen molar-refractivity contribution in [2.24, 2.45) is 0 Å². The molecule has 0 atom stereocenters. The number of halogens is 2. The summed E-state index contributed by atoms with van der Waals surface area (Å²) in [5, 5.41) is 2.82. The highest BCUT2D eigenvalue weighted by atomic mass is 32.2. The van der Waals surface area contributed by atoms with Crippen molar-refractivity contribution in [2.75, 3.05) is 30.7 Å². The van der Waals surface area contributed by atoms with Gasteiger partial charge in [0.05, 0.1) is 12.2 Å². The molecule has 186 valence electrons. The molecule has 0 heterocycles. The van der Waals surface area contributed by atoms with Gasteiger partial charge in [-0.2, -0.15) is 24.5 Å². The van der Waals surface area contributed by atoms with E-state index in [2.05, 4.69) is 5.32 Å². The van der Waals surface area contributed by atoms with Crippen LogP contribution in [0.5, 0.6) is 0 Å². The summed E-state index contributed by atoms with van der Waals surface area (Å²) in [5.74, 6) is -0.0168. The lowest BCUT2D eigenvalue weighted by atomic mass is 10.1. The van der Waals surface area contributed by atoms with Crippen molar-refractivity contribution in [2.45, 2.75) is 12.3 Å². The standard InChI is InChI=1S/C25H27F2N3O3S2/c1-29(2)35(32,33)30(24-10-6-5-9-23(24)27)17-19-11-13-20(14-12-19)25(31)28-15-16-34-18-21-7-3-4-8-22(21)26/h3-14H,15-18H2,1-2H3,(H,28,31). The quantitative estimate of drug-likeness (QED) is 0.380. The summed E-state index contributed by atoms with van der Waals surface area (Å²) in [6.45, 7) is 0.317. The zero-order chi connectivity index (χ0) is 25.4. The Hall–Kier alpha value is -2.95. The van der Waals surface area contributed by atoms with E-state index in [0.717, 1.165) is 8.61 Å². The van der Waals surface area contributed by atoms with E-state index in [0.29, 0.717) is 34.7 Å². The molecular formula is C25H27F2N3O3S2. The Balaban J connectivity index is 1.59. The Bertz CT molecular complexity index is 1250. The van der Waals surface area contributed by atoms with Gasteiger partial charge in [0.1, 0.15) is 11.6 Å². The van der Waals surface area contributed by atoms with Crippen LogP contribution in [-0.2, 0) is 22.5 Å². The maximum Gasteiger partial charge on any atom is 0.303 e. The molecule has 0 aliphatic rings. The minimum absolute atomic E-state index is 0.0593. The monoisotopic (exact) mass is 519 g/mol. The number of rotatable bonds is 11. The zero-order valence-corrected chi connectivity index (χ0v) is 21.1. The average molecular weight is 520 g/mol. The zero-order valence-electron chi connectivity index (χ0n) is 19.4. The van der Waals surface area contributed by atoms with E-state index in [-0.39, 0.29) is 24.0 Å². The average Bonchev–Trinajstić information content (AvgIpc) is 2.84. The second-order valence-electron chi connectivity index (χ2n) is 7.85. The molecule has 0 aliphatic heterocycles. The molecular weight excluding hydrogens is 492 g/mol. The maximum absolute atomic E-state index is 14.4. The van der Waals surface area contributed by atoms with E-state index in [1.165, 1.54) is 50.1 Å². The summed E-state index contributed by atoms with van der Waals surface area (Å²) in [7, 11) is -1.20. The van der Waals surface area contributed by atoms with Crippen LogP contribution in [0, 0.1) is 11.6 Å². The fourth-order valence-corrected chi connectivity index (χ4v) is 5.15. The minimum Gasteiger partial charge on any atom is -0.351 e. The number of nitrogens with one attached hydrogen (secondary N) is 1. The van der Waals surface area contributed by atoms with Gasteiger partial charge < -0.3 is 5.32 Å². The van der Waals surface area contributed by atoms with Gasteiger partial charge in [-0.25, -0.2) is 8.78 Å². The van der Waals surface area contributed by atoms with Crippen molar-refractivity contribution < 1.29 is 22.0 Å². The molecule has 1 amide bonds. The van der Waals surface area contributed by atoms with Gasteiger partial charge in [-0.15, -0.1) is 0 Å². The number of anilines is 1. The predicted molar refractivity (Wildman–Crippen MR) is 137 cm³/mol. The van der Waals surface area contributed by atoms with E-state index in [9.17, 15) is 22.0 Å². The van der Waals surface area contributed by atoms with Crippen LogP contribution in [-0.4, -0.2) is 45.0 Å². The fraction of sp³-hybridized carbons (Fsp3) is 0.240. The van der Waals surface area contributed by atoms with Crippen molar-refractivity contribution in [3.8, 4) is 0 Å². The summed E-state index contributed by atoms with van der Waals surface area (Å²) in [5.41, 5.74) is 1.58. The summed E-state index contributed by atoms with van der Waals surface area (Å²) >= 11 is 1.52. The third-order valence-electron chi connectivity index (χ3n) is 5.15. The molecule has 3 aromatic rings. The molecule has 0 saturated carbocycles. The Kier molecular flexibility index (Phi) is 9.25. The molecule has 0 saturated heterocycles. The first-order valence-corrected chi connectivity index (χ1v) is 13.4. The smallest absolute Gasteiger partial charge is 0.303 e. The first kappa shape index (κ1) is 26.7. The number of hydrogen-bond donors (Lipinski definition) is 1. The Morgan fingerprint density at radius 3 is 2.17 bits per heavy atom. The summed E-state index contributed by atoms with van der Waals surface area (Å²) in [4.78, 5) is 12.4. The number of carbonyl (C=O) groups excluding carboxylic acids is 1. The van der Waals surface area contributed by atoms with Gasteiger partial charge in [-0.1, -0.05) is 42.5 Å². The third kappa shape index (κ3) is 7.03. The normalized spacial score (nSPS) is 11.5. The Morgan fingerprint density at radius 1 is 0.914 bits per heavy atom. The lowest BCUT2D eigenvalue weighted by molar-refractivity contribution is 0.0956. The summed E-state index contributed by atoms with van der Waals surface area (Å²) in [6, 6.07) is 18.7. The van der Waals surface area contributed by atoms with Gasteiger partial charge in [0.25, 0.3) is 5.91 Å². The molecule has 6 nitrogen and oxygen atoms in total. The molecule has 0 bridgehead atoms. The van der Waals surface area contributed by atoms with Crippen molar-refractivity contribution in [1.29, 1.82) is 0 Å². The Morgan fingerprint density at radius 2 is 1.54 bits per heavy atom. The third-order valence-corrected chi connectivity index (χ3v) is 7.96. The van der Waals surface area contributed by atoms with Crippen molar-refractivity contribution in [3.05, 3.63) is 101 Å². The lowest BCUT2D eigenvalue weighted by Gasteiger charge is -2.27. The first-order valence-electron chi connectivity index (χ1n) is 10.8. The van der Waals surface area contributed by atoms with Gasteiger partial charge in [-0.05, 0) is 41.5 Å². The lowest BCUT2D eigenvalue weighted by Crippen LogP contribution is -2.40. The predicted octanol–water partition coefficient (Wildman–Crippen LogP) is 4.44. The number of carbonyl (C=O) groups is 1. The van der Waals surface area contributed by atoms with Crippen LogP contribution in [0.4, 0.5) is 14.5 Å². The number of hydrogen-bond acceptors (Lipinski definition) is 4. The largest absolute Gasteiger partial charge is 0.351 e. The summed E-state index contributed by atoms with van der Waals surface area (Å²) < 4.78 is 55.7. The van der Waals surface area contributed by atoms with E-state index >= 15 is 0 Å². The highest BCUT2D eigenvalue weighted by Crippen LogP contribution is 2.25. The molecule has 3 rings (SSSR count). The van der Waals surface area contributed by atoms with Crippen LogP contribution in [0.1, 0.15) is 21.5 Å². The van der Waals surface area contributed by atoms with Gasteiger partial charge in [0, 0.05) is 37.7 Å². The number of benzene rings is 3. The number of thioether (sulfide) groups is 1. The fourth-order valence-electron chi connectivity index (χ4n) is 3.21. The highest BCUT2D eigenvalue weighted by molar-refractivity contribution is 7.98. The number of nitrogens with zero attached hydrogens (tertiary/aromatic N) is 2. The molecule has 0 aliphatic carbocycles. The molecule has 0 aromatic heterocycles.